The highest BCUT2D eigenvalue weighted by Crippen LogP contribution is 2.38. The lowest BCUT2D eigenvalue weighted by molar-refractivity contribution is -0.138. The van der Waals surface area contributed by atoms with Gasteiger partial charge in [0.05, 0.1) is 34.7 Å². The molecule has 0 unspecified atom stereocenters. The topological polar surface area (TPSA) is 107 Å². The van der Waals surface area contributed by atoms with Gasteiger partial charge in [0.25, 0.3) is 5.91 Å². The van der Waals surface area contributed by atoms with Crippen LogP contribution in [0.4, 0.5) is 34.9 Å². The van der Waals surface area contributed by atoms with Crippen molar-refractivity contribution in [1.82, 2.24) is 19.9 Å². The van der Waals surface area contributed by atoms with Crippen molar-refractivity contribution in [1.29, 1.82) is 0 Å². The maximum Gasteiger partial charge on any atom is 0.417 e. The third-order valence-electron chi connectivity index (χ3n) is 8.14. The number of carbonyl (C=O) groups excluding carboxylic acids is 1. The molecule has 1 aromatic carbocycles. The molecule has 14 heteroatoms. The van der Waals surface area contributed by atoms with Gasteiger partial charge in [0.2, 0.25) is 11.5 Å². The molecular formula is C30H35F4N7O3. The molecule has 44 heavy (non-hydrogen) atoms. The van der Waals surface area contributed by atoms with Gasteiger partial charge < -0.3 is 24.8 Å². The van der Waals surface area contributed by atoms with E-state index in [4.69, 9.17) is 4.74 Å². The summed E-state index contributed by atoms with van der Waals surface area (Å²) in [6, 6.07) is 3.19. The van der Waals surface area contributed by atoms with Crippen molar-refractivity contribution in [2.24, 2.45) is 0 Å². The van der Waals surface area contributed by atoms with Gasteiger partial charge in [0.1, 0.15) is 5.82 Å². The van der Waals surface area contributed by atoms with E-state index in [1.807, 2.05) is 39.6 Å². The zero-order valence-electron chi connectivity index (χ0n) is 25.1. The number of benzene rings is 1. The van der Waals surface area contributed by atoms with Crippen molar-refractivity contribution in [3.05, 3.63) is 64.1 Å². The van der Waals surface area contributed by atoms with E-state index < -0.39 is 34.6 Å². The monoisotopic (exact) mass is 617 g/mol. The Labute approximate surface area is 252 Å². The summed E-state index contributed by atoms with van der Waals surface area (Å²) in [6.07, 6.45) is -1.19. The highest BCUT2D eigenvalue weighted by atomic mass is 19.4. The minimum Gasteiger partial charge on any atom is -0.372 e. The van der Waals surface area contributed by atoms with Gasteiger partial charge in [-0.3, -0.25) is 14.5 Å². The van der Waals surface area contributed by atoms with Crippen LogP contribution in [0.2, 0.25) is 0 Å². The molecule has 3 aromatic rings. The van der Waals surface area contributed by atoms with E-state index in [-0.39, 0.29) is 35.7 Å². The van der Waals surface area contributed by atoms with E-state index in [1.54, 1.807) is 4.90 Å². The van der Waals surface area contributed by atoms with E-state index in [1.165, 1.54) is 24.5 Å². The number of aromatic amines is 1. The van der Waals surface area contributed by atoms with Crippen LogP contribution in [-0.2, 0) is 10.9 Å². The summed E-state index contributed by atoms with van der Waals surface area (Å²) in [5.74, 6) is -1.33. The standard InChI is InChI=1S/C30H35F4N7O3/c1-16-12-40(13-17(2)39(16)5)27-24(31)6-20(21-9-36-29(37-10-21)41-14-18(3)44-19(4)15-41)7-25(27)38-28(43)22-11-35-26(42)8-23(22)30(32,33)34/h6-11,16-19H,12-15H2,1-5H3,(H,35,42)(H,38,43)/t16-,17+,18-,19+. The molecule has 0 radical (unpaired) electrons. The molecular weight excluding hydrogens is 582 g/mol. The number of hydrogen-bond acceptors (Lipinski definition) is 8. The minimum atomic E-state index is -4.96. The lowest BCUT2D eigenvalue weighted by Gasteiger charge is -2.44. The molecule has 2 aliphatic heterocycles. The van der Waals surface area contributed by atoms with Crippen molar-refractivity contribution < 1.29 is 27.1 Å². The van der Waals surface area contributed by atoms with Gasteiger partial charge in [-0.2, -0.15) is 13.2 Å². The Morgan fingerprint density at radius 1 is 0.955 bits per heavy atom. The molecule has 2 N–H and O–H groups in total. The second-order valence-electron chi connectivity index (χ2n) is 11.6. The number of likely N-dealkylation sites (N-methyl/N-ethyl adjacent to an activating group) is 1. The molecule has 2 fully saturated rings. The number of morpholine rings is 1. The van der Waals surface area contributed by atoms with Crippen molar-refractivity contribution in [3.8, 4) is 11.1 Å². The van der Waals surface area contributed by atoms with Crippen molar-refractivity contribution >= 4 is 23.2 Å². The van der Waals surface area contributed by atoms with Crippen LogP contribution in [0.1, 0.15) is 43.6 Å². The molecule has 2 aliphatic rings. The molecule has 0 aliphatic carbocycles. The number of piperazine rings is 1. The molecule has 0 bridgehead atoms. The predicted octanol–water partition coefficient (Wildman–Crippen LogP) is 4.38. The third-order valence-corrected chi connectivity index (χ3v) is 8.14. The number of aromatic nitrogens is 3. The van der Waals surface area contributed by atoms with E-state index in [0.29, 0.717) is 55.5 Å². The number of alkyl halides is 3. The molecule has 2 aromatic heterocycles. The van der Waals surface area contributed by atoms with Gasteiger partial charge in [-0.05, 0) is 52.4 Å². The van der Waals surface area contributed by atoms with E-state index in [2.05, 4.69) is 25.2 Å². The first-order chi connectivity index (χ1) is 20.7. The van der Waals surface area contributed by atoms with Crippen LogP contribution >= 0.6 is 0 Å². The maximum atomic E-state index is 16.1. The summed E-state index contributed by atoms with van der Waals surface area (Å²) in [5, 5.41) is 2.50. The number of nitrogens with one attached hydrogen (secondary N) is 2. The fourth-order valence-corrected chi connectivity index (χ4v) is 5.83. The maximum absolute atomic E-state index is 16.1. The van der Waals surface area contributed by atoms with Crippen LogP contribution in [0.5, 0.6) is 0 Å². The smallest absolute Gasteiger partial charge is 0.372 e. The number of amides is 1. The fourth-order valence-electron chi connectivity index (χ4n) is 5.83. The summed E-state index contributed by atoms with van der Waals surface area (Å²) in [4.78, 5) is 42.0. The van der Waals surface area contributed by atoms with Crippen LogP contribution in [0, 0.1) is 5.82 Å². The van der Waals surface area contributed by atoms with E-state index in [0.717, 1.165) is 0 Å². The first-order valence-corrected chi connectivity index (χ1v) is 14.4. The average molecular weight is 618 g/mol. The largest absolute Gasteiger partial charge is 0.417 e. The number of anilines is 3. The van der Waals surface area contributed by atoms with Crippen molar-refractivity contribution in [3.63, 3.8) is 0 Å². The minimum absolute atomic E-state index is 0.00449. The average Bonchev–Trinajstić information content (AvgIpc) is 2.94. The molecule has 1 amide bonds. The van der Waals surface area contributed by atoms with Crippen LogP contribution in [-0.4, -0.2) is 83.3 Å². The van der Waals surface area contributed by atoms with Crippen molar-refractivity contribution in [2.75, 3.05) is 48.3 Å². The number of carbonyl (C=O) groups is 1. The molecule has 2 saturated heterocycles. The zero-order chi connectivity index (χ0) is 31.9. The SMILES string of the molecule is C[C@@H]1CN(c2ncc(-c3cc(F)c(N4C[C@@H](C)N(C)[C@@H](C)C4)c(NC(=O)c4c[nH]c(=O)cc4C(F)(F)F)c3)cn2)C[C@H](C)O1. The van der Waals surface area contributed by atoms with Crippen molar-refractivity contribution in [2.45, 2.75) is 58.2 Å². The Hall–Kier alpha value is -4.04. The summed E-state index contributed by atoms with van der Waals surface area (Å²) < 4.78 is 63.1. The van der Waals surface area contributed by atoms with Gasteiger partial charge in [-0.1, -0.05) is 0 Å². The second-order valence-corrected chi connectivity index (χ2v) is 11.6. The first kappa shape index (κ1) is 31.4. The predicted molar refractivity (Wildman–Crippen MR) is 159 cm³/mol. The Balaban J connectivity index is 1.54. The molecule has 4 heterocycles. The Kier molecular flexibility index (Phi) is 8.67. The van der Waals surface area contributed by atoms with E-state index >= 15 is 4.39 Å². The number of ether oxygens (including phenoxy) is 1. The molecule has 10 nitrogen and oxygen atoms in total. The number of rotatable bonds is 5. The highest BCUT2D eigenvalue weighted by molar-refractivity contribution is 6.07. The van der Waals surface area contributed by atoms with Crippen LogP contribution in [0.15, 0.2) is 41.6 Å². The van der Waals surface area contributed by atoms with Crippen LogP contribution in [0.25, 0.3) is 11.1 Å². The lowest BCUT2D eigenvalue weighted by Crippen LogP contribution is -2.55. The van der Waals surface area contributed by atoms with Gasteiger partial charge in [-0.25, -0.2) is 14.4 Å². The summed E-state index contributed by atoms with van der Waals surface area (Å²) in [6.45, 7) is 9.94. The molecule has 0 spiro atoms. The zero-order valence-corrected chi connectivity index (χ0v) is 25.1. The first-order valence-electron chi connectivity index (χ1n) is 14.4. The Morgan fingerprint density at radius 2 is 1.57 bits per heavy atom. The molecule has 236 valence electrons. The molecule has 4 atom stereocenters. The van der Waals surface area contributed by atoms with E-state index in [9.17, 15) is 22.8 Å². The summed E-state index contributed by atoms with van der Waals surface area (Å²) >= 11 is 0. The van der Waals surface area contributed by atoms with Gasteiger partial charge in [0, 0.05) is 68.5 Å². The normalized spacial score (nSPS) is 23.1. The van der Waals surface area contributed by atoms with Crippen LogP contribution < -0.4 is 20.7 Å². The third kappa shape index (κ3) is 6.55. The highest BCUT2D eigenvalue weighted by Gasteiger charge is 2.37. The van der Waals surface area contributed by atoms with Crippen LogP contribution in [0.3, 0.4) is 0 Å². The fraction of sp³-hybridized carbons (Fsp3) is 0.467. The lowest BCUT2D eigenvalue weighted by atomic mass is 10.0. The number of pyridine rings is 1. The number of hydrogen-bond donors (Lipinski definition) is 2. The second kappa shape index (κ2) is 12.2. The molecule has 0 saturated carbocycles. The van der Waals surface area contributed by atoms with Gasteiger partial charge in [-0.15, -0.1) is 0 Å². The number of halogens is 4. The van der Waals surface area contributed by atoms with Gasteiger partial charge >= 0.3 is 6.18 Å². The number of H-pyrrole nitrogens is 1. The quantitative estimate of drug-likeness (QED) is 0.407. The number of nitrogens with zero attached hydrogens (tertiary/aromatic N) is 5. The van der Waals surface area contributed by atoms with Gasteiger partial charge in [0.15, 0.2) is 0 Å². The Bertz CT molecular complexity index is 1560. The Morgan fingerprint density at radius 3 is 2.16 bits per heavy atom. The summed E-state index contributed by atoms with van der Waals surface area (Å²) in [5.41, 5.74) is -2.39. The molecule has 5 rings (SSSR count). The summed E-state index contributed by atoms with van der Waals surface area (Å²) in [7, 11) is 1.96.